The molecule has 0 saturated heterocycles. The summed E-state index contributed by atoms with van der Waals surface area (Å²) >= 11 is 0. The van der Waals surface area contributed by atoms with E-state index in [-0.39, 0.29) is 5.97 Å². The minimum atomic E-state index is -1.45. The molecule has 0 saturated carbocycles. The van der Waals surface area contributed by atoms with E-state index in [9.17, 15) is 4.79 Å². The number of esters is 1. The molecule has 0 aliphatic heterocycles. The van der Waals surface area contributed by atoms with E-state index in [1.165, 1.54) is 0 Å². The molecule has 0 heterocycles. The maximum absolute atomic E-state index is 12.2. The van der Waals surface area contributed by atoms with Crippen LogP contribution in [0.5, 0.6) is 0 Å². The number of carbonyl (C=O) groups is 1. The number of ether oxygens (including phenoxy) is 1. The molecular formula is C17H25NO2Si. The van der Waals surface area contributed by atoms with E-state index in [0.29, 0.717) is 5.56 Å². The van der Waals surface area contributed by atoms with E-state index in [0.717, 1.165) is 11.3 Å². The SMILES string of the molecule is CNc1cc(C#C[Si](C)(C)C)cc(C(=O)OC(C)(C)C)c1. The van der Waals surface area contributed by atoms with Crippen LogP contribution in [0, 0.1) is 11.5 Å². The van der Waals surface area contributed by atoms with Crippen LogP contribution in [-0.4, -0.2) is 26.7 Å². The lowest BCUT2D eigenvalue weighted by Crippen LogP contribution is -2.24. The Balaban J connectivity index is 3.16. The fourth-order valence-corrected chi connectivity index (χ4v) is 2.08. The second kappa shape index (κ2) is 6.36. The highest BCUT2D eigenvalue weighted by Gasteiger charge is 2.18. The zero-order chi connectivity index (χ0) is 16.3. The van der Waals surface area contributed by atoms with Gasteiger partial charge in [0.05, 0.1) is 5.56 Å². The molecular weight excluding hydrogens is 278 g/mol. The third kappa shape index (κ3) is 6.50. The molecule has 0 spiro atoms. The molecule has 1 rings (SSSR count). The molecule has 114 valence electrons. The van der Waals surface area contributed by atoms with Crippen LogP contribution in [0.25, 0.3) is 0 Å². The van der Waals surface area contributed by atoms with Gasteiger partial charge in [-0.05, 0) is 39.0 Å². The lowest BCUT2D eigenvalue weighted by atomic mass is 10.1. The third-order valence-corrected chi connectivity index (χ3v) is 3.31. The van der Waals surface area contributed by atoms with Gasteiger partial charge in [0, 0.05) is 18.3 Å². The summed E-state index contributed by atoms with van der Waals surface area (Å²) < 4.78 is 5.42. The van der Waals surface area contributed by atoms with Crippen LogP contribution >= 0.6 is 0 Å². The van der Waals surface area contributed by atoms with Crippen LogP contribution in [0.4, 0.5) is 5.69 Å². The van der Waals surface area contributed by atoms with Gasteiger partial charge in [-0.3, -0.25) is 0 Å². The molecule has 21 heavy (non-hydrogen) atoms. The summed E-state index contributed by atoms with van der Waals surface area (Å²) in [6.45, 7) is 12.2. The minimum Gasteiger partial charge on any atom is -0.456 e. The highest BCUT2D eigenvalue weighted by atomic mass is 28.3. The Morgan fingerprint density at radius 1 is 1.19 bits per heavy atom. The Hall–Kier alpha value is -1.73. The smallest absolute Gasteiger partial charge is 0.338 e. The van der Waals surface area contributed by atoms with Crippen molar-refractivity contribution in [2.24, 2.45) is 0 Å². The highest BCUT2D eigenvalue weighted by molar-refractivity contribution is 6.83. The molecule has 0 amide bonds. The highest BCUT2D eigenvalue weighted by Crippen LogP contribution is 2.18. The molecule has 0 atom stereocenters. The fourth-order valence-electron chi connectivity index (χ4n) is 1.56. The molecule has 0 fully saturated rings. The van der Waals surface area contributed by atoms with Gasteiger partial charge in [0.1, 0.15) is 13.7 Å². The van der Waals surface area contributed by atoms with Crippen molar-refractivity contribution in [2.75, 3.05) is 12.4 Å². The summed E-state index contributed by atoms with van der Waals surface area (Å²) in [5, 5.41) is 3.06. The second-order valence-electron chi connectivity index (χ2n) is 7.05. The van der Waals surface area contributed by atoms with Gasteiger partial charge in [0.15, 0.2) is 0 Å². The Labute approximate surface area is 129 Å². The maximum atomic E-state index is 12.2. The molecule has 0 radical (unpaired) electrons. The summed E-state index contributed by atoms with van der Waals surface area (Å²) in [5.41, 5.74) is 5.03. The van der Waals surface area contributed by atoms with Gasteiger partial charge < -0.3 is 10.1 Å². The van der Waals surface area contributed by atoms with Gasteiger partial charge in [0.2, 0.25) is 0 Å². The van der Waals surface area contributed by atoms with Gasteiger partial charge in [-0.2, -0.15) is 0 Å². The third-order valence-electron chi connectivity index (χ3n) is 2.44. The minimum absolute atomic E-state index is 0.323. The van der Waals surface area contributed by atoms with Crippen molar-refractivity contribution in [3.63, 3.8) is 0 Å². The molecule has 0 unspecified atom stereocenters. The molecule has 1 aromatic carbocycles. The zero-order valence-electron chi connectivity index (χ0n) is 14.0. The quantitative estimate of drug-likeness (QED) is 0.511. The fraction of sp³-hybridized carbons (Fsp3) is 0.471. The van der Waals surface area contributed by atoms with Crippen LogP contribution in [0.2, 0.25) is 19.6 Å². The summed E-state index contributed by atoms with van der Waals surface area (Å²) in [6.07, 6.45) is 0. The molecule has 0 aliphatic rings. The first-order valence-electron chi connectivity index (χ1n) is 7.09. The van der Waals surface area contributed by atoms with Crippen molar-refractivity contribution in [1.29, 1.82) is 0 Å². The van der Waals surface area contributed by atoms with E-state index in [2.05, 4.69) is 36.4 Å². The number of benzene rings is 1. The van der Waals surface area contributed by atoms with Crippen molar-refractivity contribution < 1.29 is 9.53 Å². The predicted octanol–water partition coefficient (Wildman–Crippen LogP) is 3.91. The first-order valence-corrected chi connectivity index (χ1v) is 10.6. The van der Waals surface area contributed by atoms with E-state index in [1.807, 2.05) is 33.9 Å². The number of hydrogen-bond donors (Lipinski definition) is 1. The Morgan fingerprint density at radius 3 is 2.29 bits per heavy atom. The monoisotopic (exact) mass is 303 g/mol. The predicted molar refractivity (Wildman–Crippen MR) is 91.4 cm³/mol. The normalized spacial score (nSPS) is 11.4. The topological polar surface area (TPSA) is 38.3 Å². The Bertz CT molecular complexity index is 584. The molecule has 4 heteroatoms. The van der Waals surface area contributed by atoms with E-state index in [1.54, 1.807) is 12.1 Å². The maximum Gasteiger partial charge on any atom is 0.338 e. The first-order chi connectivity index (χ1) is 9.50. The molecule has 0 bridgehead atoms. The number of anilines is 1. The van der Waals surface area contributed by atoms with Crippen molar-refractivity contribution in [3.8, 4) is 11.5 Å². The van der Waals surface area contributed by atoms with Gasteiger partial charge in [0.25, 0.3) is 0 Å². The average molecular weight is 303 g/mol. The lowest BCUT2D eigenvalue weighted by molar-refractivity contribution is 0.00695. The van der Waals surface area contributed by atoms with Crippen LogP contribution in [-0.2, 0) is 4.74 Å². The van der Waals surface area contributed by atoms with Crippen LogP contribution in [0.3, 0.4) is 0 Å². The molecule has 1 N–H and O–H groups in total. The summed E-state index contributed by atoms with van der Waals surface area (Å²) in [7, 11) is 0.375. The summed E-state index contributed by atoms with van der Waals surface area (Å²) in [5.74, 6) is 2.86. The van der Waals surface area contributed by atoms with Gasteiger partial charge in [-0.1, -0.05) is 25.6 Å². The van der Waals surface area contributed by atoms with Crippen molar-refractivity contribution >= 4 is 19.7 Å². The Kier molecular flexibility index (Phi) is 5.24. The van der Waals surface area contributed by atoms with Gasteiger partial charge in [-0.15, -0.1) is 5.54 Å². The molecule has 0 aromatic heterocycles. The van der Waals surface area contributed by atoms with Crippen molar-refractivity contribution in [1.82, 2.24) is 0 Å². The summed E-state index contributed by atoms with van der Waals surface area (Å²) in [4.78, 5) is 12.2. The average Bonchev–Trinajstić information content (AvgIpc) is 2.33. The molecule has 3 nitrogen and oxygen atoms in total. The largest absolute Gasteiger partial charge is 0.456 e. The van der Waals surface area contributed by atoms with Crippen molar-refractivity contribution in [3.05, 3.63) is 29.3 Å². The van der Waals surface area contributed by atoms with E-state index >= 15 is 0 Å². The zero-order valence-corrected chi connectivity index (χ0v) is 15.0. The second-order valence-corrected chi connectivity index (χ2v) is 11.8. The number of rotatable bonds is 2. The van der Waals surface area contributed by atoms with Gasteiger partial charge >= 0.3 is 5.97 Å². The lowest BCUT2D eigenvalue weighted by Gasteiger charge is -2.19. The summed E-state index contributed by atoms with van der Waals surface area (Å²) in [6, 6.07) is 5.52. The number of nitrogens with one attached hydrogen (secondary N) is 1. The molecule has 0 aliphatic carbocycles. The molecule has 1 aromatic rings. The van der Waals surface area contributed by atoms with Crippen LogP contribution < -0.4 is 5.32 Å². The van der Waals surface area contributed by atoms with E-state index < -0.39 is 13.7 Å². The first kappa shape index (κ1) is 17.3. The van der Waals surface area contributed by atoms with E-state index in [4.69, 9.17) is 4.74 Å². The standard InChI is InChI=1S/C17H25NO2Si/c1-17(2,3)20-16(19)14-10-13(8-9-21(5,6)7)11-15(12-14)18-4/h10-12,18H,1-7H3. The number of carbonyl (C=O) groups excluding carboxylic acids is 1. The van der Waals surface area contributed by atoms with Crippen LogP contribution in [0.15, 0.2) is 18.2 Å². The number of hydrogen-bond acceptors (Lipinski definition) is 3. The Morgan fingerprint density at radius 2 is 1.81 bits per heavy atom. The van der Waals surface area contributed by atoms with Gasteiger partial charge in [-0.25, -0.2) is 4.79 Å². The van der Waals surface area contributed by atoms with Crippen molar-refractivity contribution in [2.45, 2.75) is 46.0 Å². The van der Waals surface area contributed by atoms with Crippen LogP contribution in [0.1, 0.15) is 36.7 Å².